The summed E-state index contributed by atoms with van der Waals surface area (Å²) in [5.74, 6) is 0.702. The highest BCUT2D eigenvalue weighted by Gasteiger charge is 2.08. The lowest BCUT2D eigenvalue weighted by Gasteiger charge is -2.06. The molecular weight excluding hydrogens is 264 g/mol. The van der Waals surface area contributed by atoms with Crippen molar-refractivity contribution in [3.8, 4) is 0 Å². The van der Waals surface area contributed by atoms with Crippen LogP contribution in [0.4, 0.5) is 0 Å². The number of rotatable bonds is 5. The van der Waals surface area contributed by atoms with Gasteiger partial charge in [0.2, 0.25) is 0 Å². The Morgan fingerprint density at radius 1 is 1.47 bits per heavy atom. The van der Waals surface area contributed by atoms with Gasteiger partial charge in [-0.05, 0) is 30.7 Å². The molecule has 1 amide bonds. The van der Waals surface area contributed by atoms with Gasteiger partial charge in [-0.1, -0.05) is 18.5 Å². The molecule has 0 aliphatic rings. The smallest absolute Gasteiger partial charge is 0.251 e. The Kier molecular flexibility index (Phi) is 4.58. The zero-order valence-electron chi connectivity index (χ0n) is 10.6. The van der Waals surface area contributed by atoms with E-state index in [0.717, 1.165) is 17.9 Å². The zero-order valence-corrected chi connectivity index (χ0v) is 11.4. The molecule has 1 N–H and O–H groups in total. The van der Waals surface area contributed by atoms with Gasteiger partial charge in [0.15, 0.2) is 0 Å². The Hall–Kier alpha value is -1.81. The number of hydrogen-bond acceptors (Lipinski definition) is 3. The number of carbonyl (C=O) groups is 1. The molecule has 0 aliphatic heterocycles. The van der Waals surface area contributed by atoms with Crippen molar-refractivity contribution in [3.63, 3.8) is 0 Å². The van der Waals surface area contributed by atoms with Crippen molar-refractivity contribution in [1.29, 1.82) is 0 Å². The maximum atomic E-state index is 12.0. The van der Waals surface area contributed by atoms with E-state index in [1.807, 2.05) is 19.1 Å². The van der Waals surface area contributed by atoms with Crippen LogP contribution >= 0.6 is 11.6 Å². The van der Waals surface area contributed by atoms with Crippen LogP contribution in [-0.2, 0) is 12.8 Å². The summed E-state index contributed by atoms with van der Waals surface area (Å²) in [5, 5.41) is 3.17. The van der Waals surface area contributed by atoms with E-state index in [9.17, 15) is 4.79 Å². The summed E-state index contributed by atoms with van der Waals surface area (Å²) in [5.41, 5.74) is 1.35. The Labute approximate surface area is 116 Å². The molecule has 0 unspecified atom stereocenters. The van der Waals surface area contributed by atoms with Crippen LogP contribution in [0.3, 0.4) is 0 Å². The number of carbonyl (C=O) groups excluding carboxylic acids is 1. The van der Waals surface area contributed by atoms with Gasteiger partial charge in [-0.2, -0.15) is 0 Å². The number of pyridine rings is 1. The molecule has 0 aromatic carbocycles. The molecule has 2 heterocycles. The van der Waals surface area contributed by atoms with Gasteiger partial charge in [0.25, 0.3) is 5.91 Å². The highest BCUT2D eigenvalue weighted by atomic mass is 35.5. The van der Waals surface area contributed by atoms with Gasteiger partial charge < -0.3 is 9.73 Å². The van der Waals surface area contributed by atoms with Crippen LogP contribution < -0.4 is 5.32 Å². The van der Waals surface area contributed by atoms with Gasteiger partial charge in [-0.3, -0.25) is 4.79 Å². The summed E-state index contributed by atoms with van der Waals surface area (Å²) in [6.45, 7) is 2.49. The minimum Gasteiger partial charge on any atom is -0.469 e. The number of aryl methyl sites for hydroxylation is 1. The molecule has 0 fully saturated rings. The highest BCUT2D eigenvalue weighted by Crippen LogP contribution is 2.11. The predicted octanol–water partition coefficient (Wildman–Crippen LogP) is 2.86. The van der Waals surface area contributed by atoms with Gasteiger partial charge in [0.05, 0.1) is 6.26 Å². The number of aromatic nitrogens is 1. The fourth-order valence-electron chi connectivity index (χ4n) is 1.72. The molecule has 0 aliphatic carbocycles. The van der Waals surface area contributed by atoms with E-state index in [-0.39, 0.29) is 5.91 Å². The summed E-state index contributed by atoms with van der Waals surface area (Å²) >= 11 is 5.88. The van der Waals surface area contributed by atoms with Crippen LogP contribution in [0, 0.1) is 0 Å². The maximum absolute atomic E-state index is 12.0. The van der Waals surface area contributed by atoms with Gasteiger partial charge in [0, 0.05) is 24.2 Å². The molecule has 0 saturated carbocycles. The average molecular weight is 279 g/mol. The topological polar surface area (TPSA) is 55.1 Å². The molecule has 0 bridgehead atoms. The SMILES string of the molecule is CCc1cc(C(=O)NCCc2ccco2)cc(Cl)n1. The van der Waals surface area contributed by atoms with Crippen LogP contribution in [0.2, 0.25) is 5.15 Å². The second-order valence-electron chi connectivity index (χ2n) is 4.11. The molecule has 2 rings (SSSR count). The third kappa shape index (κ3) is 3.83. The van der Waals surface area contributed by atoms with Crippen molar-refractivity contribution in [1.82, 2.24) is 10.3 Å². The molecule has 5 heteroatoms. The molecule has 0 spiro atoms. The predicted molar refractivity (Wildman–Crippen MR) is 73.4 cm³/mol. The van der Waals surface area contributed by atoms with E-state index in [1.54, 1.807) is 18.4 Å². The van der Waals surface area contributed by atoms with E-state index < -0.39 is 0 Å². The lowest BCUT2D eigenvalue weighted by molar-refractivity contribution is 0.0953. The number of furan rings is 1. The molecule has 19 heavy (non-hydrogen) atoms. The minimum atomic E-state index is -0.148. The monoisotopic (exact) mass is 278 g/mol. The van der Waals surface area contributed by atoms with E-state index >= 15 is 0 Å². The zero-order chi connectivity index (χ0) is 13.7. The Morgan fingerprint density at radius 2 is 2.32 bits per heavy atom. The third-order valence-electron chi connectivity index (χ3n) is 2.71. The summed E-state index contributed by atoms with van der Waals surface area (Å²) in [6, 6.07) is 7.04. The number of amides is 1. The highest BCUT2D eigenvalue weighted by molar-refractivity contribution is 6.29. The molecule has 2 aromatic heterocycles. The van der Waals surface area contributed by atoms with Crippen LogP contribution in [0.1, 0.15) is 28.7 Å². The first-order chi connectivity index (χ1) is 9.19. The van der Waals surface area contributed by atoms with Crippen molar-refractivity contribution in [2.24, 2.45) is 0 Å². The number of nitrogens with zero attached hydrogens (tertiary/aromatic N) is 1. The average Bonchev–Trinajstić information content (AvgIpc) is 2.91. The first-order valence-corrected chi connectivity index (χ1v) is 6.54. The molecule has 4 nitrogen and oxygen atoms in total. The van der Waals surface area contributed by atoms with Gasteiger partial charge in [0.1, 0.15) is 10.9 Å². The van der Waals surface area contributed by atoms with Crippen LogP contribution in [0.15, 0.2) is 34.9 Å². The van der Waals surface area contributed by atoms with Crippen molar-refractivity contribution >= 4 is 17.5 Å². The van der Waals surface area contributed by atoms with Crippen LogP contribution in [0.25, 0.3) is 0 Å². The summed E-state index contributed by atoms with van der Waals surface area (Å²) in [6.07, 6.45) is 3.03. The lowest BCUT2D eigenvalue weighted by Crippen LogP contribution is -2.25. The van der Waals surface area contributed by atoms with Crippen molar-refractivity contribution in [2.75, 3.05) is 6.54 Å². The second-order valence-corrected chi connectivity index (χ2v) is 4.50. The largest absolute Gasteiger partial charge is 0.469 e. The maximum Gasteiger partial charge on any atom is 0.251 e. The number of halogens is 1. The molecular formula is C14H15ClN2O2. The number of hydrogen-bond donors (Lipinski definition) is 1. The normalized spacial score (nSPS) is 10.4. The van der Waals surface area contributed by atoms with Crippen molar-refractivity contribution in [3.05, 3.63) is 52.7 Å². The minimum absolute atomic E-state index is 0.148. The molecule has 0 radical (unpaired) electrons. The van der Waals surface area contributed by atoms with E-state index in [1.165, 1.54) is 0 Å². The molecule has 100 valence electrons. The van der Waals surface area contributed by atoms with Crippen LogP contribution in [0.5, 0.6) is 0 Å². The fourth-order valence-corrected chi connectivity index (χ4v) is 1.95. The Morgan fingerprint density at radius 3 is 3.00 bits per heavy atom. The first kappa shape index (κ1) is 13.6. The fraction of sp³-hybridized carbons (Fsp3) is 0.286. The molecule has 2 aromatic rings. The van der Waals surface area contributed by atoms with Crippen molar-refractivity contribution < 1.29 is 9.21 Å². The van der Waals surface area contributed by atoms with Gasteiger partial charge in [-0.25, -0.2) is 4.98 Å². The summed E-state index contributed by atoms with van der Waals surface area (Å²) in [7, 11) is 0. The van der Waals surface area contributed by atoms with Crippen molar-refractivity contribution in [2.45, 2.75) is 19.8 Å². The van der Waals surface area contributed by atoms with E-state index in [0.29, 0.717) is 23.7 Å². The number of nitrogens with one attached hydrogen (secondary N) is 1. The van der Waals surface area contributed by atoms with Crippen LogP contribution in [-0.4, -0.2) is 17.4 Å². The van der Waals surface area contributed by atoms with Gasteiger partial charge >= 0.3 is 0 Å². The quantitative estimate of drug-likeness (QED) is 0.856. The molecule has 0 atom stereocenters. The Bertz CT molecular complexity index is 553. The second kappa shape index (κ2) is 6.38. The summed E-state index contributed by atoms with van der Waals surface area (Å²) in [4.78, 5) is 16.1. The van der Waals surface area contributed by atoms with E-state index in [4.69, 9.17) is 16.0 Å². The first-order valence-electron chi connectivity index (χ1n) is 6.16. The summed E-state index contributed by atoms with van der Waals surface area (Å²) < 4.78 is 5.19. The lowest BCUT2D eigenvalue weighted by atomic mass is 10.2. The standard InChI is InChI=1S/C14H15ClN2O2/c1-2-11-8-10(9-13(15)17-11)14(18)16-6-5-12-4-3-7-19-12/h3-4,7-9H,2,5-6H2,1H3,(H,16,18). The van der Waals surface area contributed by atoms with Gasteiger partial charge in [-0.15, -0.1) is 0 Å². The van der Waals surface area contributed by atoms with E-state index in [2.05, 4.69) is 10.3 Å². The third-order valence-corrected chi connectivity index (χ3v) is 2.90. The molecule has 0 saturated heterocycles. The Balaban J connectivity index is 1.94.